The van der Waals surface area contributed by atoms with E-state index in [2.05, 4.69) is 19.2 Å². The van der Waals surface area contributed by atoms with Crippen molar-refractivity contribution in [1.82, 2.24) is 5.32 Å². The van der Waals surface area contributed by atoms with Crippen molar-refractivity contribution in [2.45, 2.75) is 347 Å². The monoisotopic (exact) mass is 932 g/mol. The van der Waals surface area contributed by atoms with Crippen LogP contribution in [0.1, 0.15) is 335 Å². The third-order valence-electron chi connectivity index (χ3n) is 14.1. The van der Waals surface area contributed by atoms with Gasteiger partial charge in [0, 0.05) is 12.8 Å². The fourth-order valence-electron chi connectivity index (χ4n) is 9.46. The number of aliphatic hydroxyl groups is 2. The van der Waals surface area contributed by atoms with E-state index in [0.29, 0.717) is 19.4 Å². The number of amides is 1. The van der Waals surface area contributed by atoms with Crippen molar-refractivity contribution in [3.05, 3.63) is 12.2 Å². The number of nitrogens with one attached hydrogen (secondary N) is 1. The van der Waals surface area contributed by atoms with Crippen molar-refractivity contribution in [1.29, 1.82) is 0 Å². The molecule has 0 aromatic carbocycles. The minimum absolute atomic E-state index is 0.00714. The summed E-state index contributed by atoms with van der Waals surface area (Å²) < 4.78 is 5.49. The lowest BCUT2D eigenvalue weighted by Gasteiger charge is -2.20. The summed E-state index contributed by atoms with van der Waals surface area (Å²) in [6, 6.07) is -0.632. The summed E-state index contributed by atoms with van der Waals surface area (Å²) >= 11 is 0. The van der Waals surface area contributed by atoms with E-state index >= 15 is 0 Å². The van der Waals surface area contributed by atoms with Gasteiger partial charge in [0.25, 0.3) is 0 Å². The van der Waals surface area contributed by atoms with Crippen molar-refractivity contribution in [3.63, 3.8) is 0 Å². The molecule has 2 unspecified atom stereocenters. The van der Waals surface area contributed by atoms with Crippen LogP contribution in [0.3, 0.4) is 0 Å². The molecule has 0 bridgehead atoms. The highest BCUT2D eigenvalue weighted by atomic mass is 16.5. The largest absolute Gasteiger partial charge is 0.466 e. The molecule has 0 heterocycles. The Morgan fingerprint density at radius 1 is 0.409 bits per heavy atom. The zero-order valence-electron chi connectivity index (χ0n) is 44.7. The Kier molecular flexibility index (Phi) is 55.0. The Bertz CT molecular complexity index is 986. The number of hydrogen-bond acceptors (Lipinski definition) is 5. The molecule has 0 aromatic heterocycles. The lowest BCUT2D eigenvalue weighted by Crippen LogP contribution is -2.45. The molecule has 0 saturated carbocycles. The van der Waals surface area contributed by atoms with Gasteiger partial charge in [-0.1, -0.05) is 302 Å². The first-order chi connectivity index (χ1) is 32.5. The van der Waals surface area contributed by atoms with Gasteiger partial charge in [0.2, 0.25) is 5.91 Å². The van der Waals surface area contributed by atoms with Crippen LogP contribution >= 0.6 is 0 Å². The third kappa shape index (κ3) is 52.0. The standard InChI is InChI=1S/C60H117NO5/c1-3-5-7-9-11-13-15-17-19-20-21-26-30-34-38-42-46-50-54-60(65)66-55-51-47-43-39-35-31-27-23-22-25-29-33-37-41-45-49-53-59(64)61-57(56-62)58(63)52-48-44-40-36-32-28-24-18-16-14-12-10-8-6-4-2/h48,52,57-58,62-63H,3-47,49-51,53-56H2,1-2H3,(H,61,64)/b52-48+. The maximum Gasteiger partial charge on any atom is 0.305 e. The van der Waals surface area contributed by atoms with E-state index in [1.54, 1.807) is 6.08 Å². The number of aliphatic hydroxyl groups excluding tert-OH is 2. The predicted octanol–water partition coefficient (Wildman–Crippen LogP) is 18.5. The maximum atomic E-state index is 12.5. The first-order valence-electron chi connectivity index (χ1n) is 30.0. The van der Waals surface area contributed by atoms with Gasteiger partial charge in [-0.3, -0.25) is 9.59 Å². The highest BCUT2D eigenvalue weighted by Gasteiger charge is 2.18. The van der Waals surface area contributed by atoms with E-state index in [9.17, 15) is 19.8 Å². The Morgan fingerprint density at radius 2 is 0.697 bits per heavy atom. The number of rotatable bonds is 56. The second kappa shape index (κ2) is 56.2. The van der Waals surface area contributed by atoms with Gasteiger partial charge < -0.3 is 20.3 Å². The normalized spacial score (nSPS) is 12.6. The lowest BCUT2D eigenvalue weighted by molar-refractivity contribution is -0.143. The van der Waals surface area contributed by atoms with Crippen LogP contribution in [0.15, 0.2) is 12.2 Å². The van der Waals surface area contributed by atoms with Gasteiger partial charge in [-0.25, -0.2) is 0 Å². The molecule has 0 aromatic rings. The summed E-state index contributed by atoms with van der Waals surface area (Å²) in [6.07, 6.45) is 66.6. The molecule has 6 nitrogen and oxygen atoms in total. The van der Waals surface area contributed by atoms with Crippen molar-refractivity contribution in [2.75, 3.05) is 13.2 Å². The average molecular weight is 933 g/mol. The predicted molar refractivity (Wildman–Crippen MR) is 287 cm³/mol. The highest BCUT2D eigenvalue weighted by molar-refractivity contribution is 5.76. The molecule has 1 amide bonds. The molecular weight excluding hydrogens is 815 g/mol. The van der Waals surface area contributed by atoms with Gasteiger partial charge in [-0.15, -0.1) is 0 Å². The van der Waals surface area contributed by atoms with Crippen molar-refractivity contribution in [3.8, 4) is 0 Å². The Hall–Kier alpha value is -1.40. The molecule has 0 radical (unpaired) electrons. The molecule has 0 aliphatic rings. The summed E-state index contributed by atoms with van der Waals surface area (Å²) in [6.45, 7) is 4.92. The summed E-state index contributed by atoms with van der Waals surface area (Å²) in [4.78, 5) is 24.5. The number of carbonyl (C=O) groups excluding carboxylic acids is 2. The molecule has 0 aliphatic heterocycles. The van der Waals surface area contributed by atoms with Crippen LogP contribution in [0.2, 0.25) is 0 Å². The van der Waals surface area contributed by atoms with Crippen LogP contribution in [0.4, 0.5) is 0 Å². The summed E-state index contributed by atoms with van der Waals surface area (Å²) in [5, 5.41) is 23.1. The highest BCUT2D eigenvalue weighted by Crippen LogP contribution is 2.18. The quantitative estimate of drug-likeness (QED) is 0.0321. The van der Waals surface area contributed by atoms with Gasteiger partial charge in [0.15, 0.2) is 0 Å². The maximum absolute atomic E-state index is 12.5. The number of ether oxygens (including phenoxy) is 1. The van der Waals surface area contributed by atoms with Gasteiger partial charge >= 0.3 is 5.97 Å². The van der Waals surface area contributed by atoms with Gasteiger partial charge in [0.1, 0.15) is 0 Å². The summed E-state index contributed by atoms with van der Waals surface area (Å²) in [5.74, 6) is -0.0653. The molecule has 6 heteroatoms. The molecule has 0 fully saturated rings. The zero-order valence-corrected chi connectivity index (χ0v) is 44.7. The minimum Gasteiger partial charge on any atom is -0.466 e. The second-order valence-electron chi connectivity index (χ2n) is 20.7. The first kappa shape index (κ1) is 64.6. The lowest BCUT2D eigenvalue weighted by atomic mass is 10.0. The number of esters is 1. The topological polar surface area (TPSA) is 95.9 Å². The van der Waals surface area contributed by atoms with Crippen LogP contribution in [0, 0.1) is 0 Å². The summed E-state index contributed by atoms with van der Waals surface area (Å²) in [7, 11) is 0. The van der Waals surface area contributed by atoms with E-state index in [1.807, 2.05) is 6.08 Å². The van der Waals surface area contributed by atoms with Crippen LogP contribution in [0.5, 0.6) is 0 Å². The number of allylic oxidation sites excluding steroid dienone is 1. The molecular formula is C60H117NO5. The fraction of sp³-hybridized carbons (Fsp3) is 0.933. The Labute approximate surface area is 412 Å². The first-order valence-corrected chi connectivity index (χ1v) is 30.0. The number of hydrogen-bond donors (Lipinski definition) is 3. The molecule has 0 spiro atoms. The fourth-order valence-corrected chi connectivity index (χ4v) is 9.46. The van der Waals surface area contributed by atoms with Gasteiger partial charge in [-0.05, 0) is 32.1 Å². The molecule has 3 N–H and O–H groups in total. The van der Waals surface area contributed by atoms with Crippen molar-refractivity contribution >= 4 is 11.9 Å². The number of unbranched alkanes of at least 4 members (excludes halogenated alkanes) is 45. The van der Waals surface area contributed by atoms with E-state index in [1.165, 1.54) is 263 Å². The van der Waals surface area contributed by atoms with E-state index in [-0.39, 0.29) is 18.5 Å². The van der Waals surface area contributed by atoms with E-state index in [4.69, 9.17) is 4.74 Å². The second-order valence-corrected chi connectivity index (χ2v) is 20.7. The molecule has 0 aliphatic carbocycles. The molecule has 0 saturated heterocycles. The van der Waals surface area contributed by atoms with E-state index < -0.39 is 12.1 Å². The third-order valence-corrected chi connectivity index (χ3v) is 14.1. The van der Waals surface area contributed by atoms with Crippen LogP contribution in [-0.2, 0) is 14.3 Å². The van der Waals surface area contributed by atoms with Crippen LogP contribution < -0.4 is 5.32 Å². The molecule has 392 valence electrons. The van der Waals surface area contributed by atoms with Crippen LogP contribution in [0.25, 0.3) is 0 Å². The molecule has 0 rings (SSSR count). The van der Waals surface area contributed by atoms with Gasteiger partial charge in [0.05, 0.1) is 25.4 Å². The van der Waals surface area contributed by atoms with Gasteiger partial charge in [-0.2, -0.15) is 0 Å². The summed E-state index contributed by atoms with van der Waals surface area (Å²) in [5.41, 5.74) is 0. The Morgan fingerprint density at radius 3 is 1.03 bits per heavy atom. The zero-order chi connectivity index (χ0) is 47.9. The number of carbonyl (C=O) groups is 2. The van der Waals surface area contributed by atoms with Crippen LogP contribution in [-0.4, -0.2) is 47.4 Å². The Balaban J connectivity index is 3.41. The minimum atomic E-state index is -0.848. The smallest absolute Gasteiger partial charge is 0.305 e. The molecule has 66 heavy (non-hydrogen) atoms. The van der Waals surface area contributed by atoms with Crippen molar-refractivity contribution in [2.24, 2.45) is 0 Å². The average Bonchev–Trinajstić information content (AvgIpc) is 3.32. The van der Waals surface area contributed by atoms with E-state index in [0.717, 1.165) is 44.9 Å². The molecule has 2 atom stereocenters. The SMILES string of the molecule is CCCCCCCCCCCCCCC/C=C/C(O)C(CO)NC(=O)CCCCCCCCCCCCCCCCCCOC(=O)CCCCCCCCCCCCCCCCCCCC. The van der Waals surface area contributed by atoms with Crippen molar-refractivity contribution < 1.29 is 24.5 Å².